The summed E-state index contributed by atoms with van der Waals surface area (Å²) < 4.78 is 16.1. The van der Waals surface area contributed by atoms with Gasteiger partial charge in [-0.2, -0.15) is 0 Å². The second-order valence-electron chi connectivity index (χ2n) is 5.85. The van der Waals surface area contributed by atoms with Crippen LogP contribution in [0.25, 0.3) is 0 Å². The molecule has 6 nitrogen and oxygen atoms in total. The van der Waals surface area contributed by atoms with Crippen LogP contribution in [0.3, 0.4) is 0 Å². The summed E-state index contributed by atoms with van der Waals surface area (Å²) in [7, 11) is 3.34. The number of hydrogen-bond donors (Lipinski definition) is 2. The molecule has 2 N–H and O–H groups in total. The van der Waals surface area contributed by atoms with E-state index in [4.69, 9.17) is 14.2 Å². The Kier molecular flexibility index (Phi) is 9.00. The van der Waals surface area contributed by atoms with Crippen molar-refractivity contribution in [2.24, 2.45) is 4.99 Å². The van der Waals surface area contributed by atoms with Crippen LogP contribution in [0.2, 0.25) is 0 Å². The lowest BCUT2D eigenvalue weighted by Crippen LogP contribution is -2.36. The standard InChI is InChI=1S/C21H29N3O3/c1-4-22-21(24-16-18-9-5-6-11-20(18)26-3)23-15-17-8-7-10-19(14-17)27-13-12-25-2/h5-11,14H,4,12-13,15-16H2,1-3H3,(H2,22,23,24). The number of ether oxygens (including phenoxy) is 3. The van der Waals surface area contributed by atoms with E-state index >= 15 is 0 Å². The number of benzene rings is 2. The number of nitrogens with zero attached hydrogens (tertiary/aromatic N) is 1. The van der Waals surface area contributed by atoms with Gasteiger partial charge in [-0.05, 0) is 30.7 Å². The molecule has 2 aromatic rings. The molecule has 0 aliphatic carbocycles. The van der Waals surface area contributed by atoms with Crippen LogP contribution in [0.4, 0.5) is 0 Å². The molecule has 0 aliphatic heterocycles. The lowest BCUT2D eigenvalue weighted by Gasteiger charge is -2.13. The molecule has 0 radical (unpaired) electrons. The maximum absolute atomic E-state index is 5.65. The molecule has 0 spiro atoms. The zero-order valence-electron chi connectivity index (χ0n) is 16.3. The number of para-hydroxylation sites is 1. The predicted octanol–water partition coefficient (Wildman–Crippen LogP) is 2.98. The summed E-state index contributed by atoms with van der Waals surface area (Å²) in [5.41, 5.74) is 2.17. The van der Waals surface area contributed by atoms with E-state index in [1.54, 1.807) is 14.2 Å². The molecule has 2 rings (SSSR count). The van der Waals surface area contributed by atoms with Crippen LogP contribution in [-0.4, -0.2) is 39.9 Å². The quantitative estimate of drug-likeness (QED) is 0.382. The van der Waals surface area contributed by atoms with E-state index in [0.29, 0.717) is 26.3 Å². The minimum Gasteiger partial charge on any atom is -0.496 e. The van der Waals surface area contributed by atoms with Crippen molar-refractivity contribution in [1.29, 1.82) is 0 Å². The van der Waals surface area contributed by atoms with Crippen LogP contribution in [0.5, 0.6) is 11.5 Å². The maximum Gasteiger partial charge on any atom is 0.191 e. The summed E-state index contributed by atoms with van der Waals surface area (Å²) in [4.78, 5) is 4.67. The highest BCUT2D eigenvalue weighted by Gasteiger charge is 2.04. The Hall–Kier alpha value is -2.73. The Morgan fingerprint density at radius 1 is 1.00 bits per heavy atom. The molecule has 0 bridgehead atoms. The third kappa shape index (κ3) is 7.19. The highest BCUT2D eigenvalue weighted by Crippen LogP contribution is 2.17. The first kappa shape index (κ1) is 20.6. The fourth-order valence-electron chi connectivity index (χ4n) is 2.52. The van der Waals surface area contributed by atoms with Crippen LogP contribution < -0.4 is 20.1 Å². The molecule has 6 heteroatoms. The van der Waals surface area contributed by atoms with Crippen LogP contribution in [0.15, 0.2) is 53.5 Å². The summed E-state index contributed by atoms with van der Waals surface area (Å²) in [5, 5.41) is 6.62. The molecular weight excluding hydrogens is 342 g/mol. The summed E-state index contributed by atoms with van der Waals surface area (Å²) in [6, 6.07) is 15.9. The minimum absolute atomic E-state index is 0.534. The Morgan fingerprint density at radius 3 is 2.63 bits per heavy atom. The van der Waals surface area contributed by atoms with Crippen LogP contribution in [-0.2, 0) is 17.8 Å². The van der Waals surface area contributed by atoms with Gasteiger partial charge in [0.1, 0.15) is 18.1 Å². The number of guanidine groups is 1. The molecule has 0 aromatic heterocycles. The Morgan fingerprint density at radius 2 is 1.85 bits per heavy atom. The van der Waals surface area contributed by atoms with Crippen molar-refractivity contribution in [3.05, 3.63) is 59.7 Å². The molecule has 2 aromatic carbocycles. The molecule has 0 saturated heterocycles. The van der Waals surface area contributed by atoms with Crippen molar-refractivity contribution in [3.8, 4) is 11.5 Å². The van der Waals surface area contributed by atoms with Gasteiger partial charge in [-0.3, -0.25) is 0 Å². The molecule has 0 amide bonds. The summed E-state index contributed by atoms with van der Waals surface area (Å²) >= 11 is 0. The van der Waals surface area contributed by atoms with Gasteiger partial charge >= 0.3 is 0 Å². The fourth-order valence-corrected chi connectivity index (χ4v) is 2.52. The number of hydrogen-bond acceptors (Lipinski definition) is 4. The van der Waals surface area contributed by atoms with Gasteiger partial charge in [0.15, 0.2) is 5.96 Å². The van der Waals surface area contributed by atoms with E-state index in [-0.39, 0.29) is 0 Å². The third-order valence-corrected chi connectivity index (χ3v) is 3.86. The topological polar surface area (TPSA) is 64.1 Å². The SMILES string of the molecule is CCNC(=NCc1cccc(OCCOC)c1)NCc1ccccc1OC. The van der Waals surface area contributed by atoms with E-state index in [2.05, 4.69) is 15.6 Å². The summed E-state index contributed by atoms with van der Waals surface area (Å²) in [6.45, 7) is 5.13. The summed E-state index contributed by atoms with van der Waals surface area (Å²) in [6.07, 6.45) is 0. The first-order valence-corrected chi connectivity index (χ1v) is 9.11. The smallest absolute Gasteiger partial charge is 0.191 e. The highest BCUT2D eigenvalue weighted by atomic mass is 16.5. The van der Waals surface area contributed by atoms with Crippen LogP contribution >= 0.6 is 0 Å². The zero-order valence-corrected chi connectivity index (χ0v) is 16.3. The number of methoxy groups -OCH3 is 2. The molecule has 0 atom stereocenters. The minimum atomic E-state index is 0.534. The third-order valence-electron chi connectivity index (χ3n) is 3.86. The van der Waals surface area contributed by atoms with Gasteiger partial charge in [0, 0.05) is 25.8 Å². The number of nitrogens with one attached hydrogen (secondary N) is 2. The maximum atomic E-state index is 5.65. The van der Waals surface area contributed by atoms with Crippen LogP contribution in [0.1, 0.15) is 18.1 Å². The van der Waals surface area contributed by atoms with Crippen molar-refractivity contribution in [2.75, 3.05) is 34.0 Å². The van der Waals surface area contributed by atoms with Gasteiger partial charge in [-0.15, -0.1) is 0 Å². The lowest BCUT2D eigenvalue weighted by atomic mass is 10.2. The van der Waals surface area contributed by atoms with Gasteiger partial charge < -0.3 is 24.8 Å². The molecule has 0 aliphatic rings. The van der Waals surface area contributed by atoms with Crippen molar-refractivity contribution in [1.82, 2.24) is 10.6 Å². The van der Waals surface area contributed by atoms with E-state index in [0.717, 1.165) is 35.1 Å². The van der Waals surface area contributed by atoms with Crippen molar-refractivity contribution < 1.29 is 14.2 Å². The van der Waals surface area contributed by atoms with Gasteiger partial charge in [0.05, 0.1) is 20.3 Å². The Balaban J connectivity index is 1.97. The van der Waals surface area contributed by atoms with Gasteiger partial charge in [0.25, 0.3) is 0 Å². The van der Waals surface area contributed by atoms with Crippen molar-refractivity contribution in [3.63, 3.8) is 0 Å². The van der Waals surface area contributed by atoms with Gasteiger partial charge in [-0.1, -0.05) is 30.3 Å². The number of rotatable bonds is 10. The molecule has 0 saturated carbocycles. The molecular formula is C21H29N3O3. The Bertz CT molecular complexity index is 719. The average Bonchev–Trinajstić information content (AvgIpc) is 2.71. The molecule has 0 fully saturated rings. The van der Waals surface area contributed by atoms with Crippen LogP contribution in [0, 0.1) is 0 Å². The predicted molar refractivity (Wildman–Crippen MR) is 108 cm³/mol. The summed E-state index contributed by atoms with van der Waals surface area (Å²) in [5.74, 6) is 2.45. The molecule has 27 heavy (non-hydrogen) atoms. The second kappa shape index (κ2) is 11.8. The van der Waals surface area contributed by atoms with Crippen molar-refractivity contribution >= 4 is 5.96 Å². The number of aliphatic imine (C=N–C) groups is 1. The highest BCUT2D eigenvalue weighted by molar-refractivity contribution is 5.79. The molecule has 0 unspecified atom stereocenters. The van der Waals surface area contributed by atoms with Crippen molar-refractivity contribution in [2.45, 2.75) is 20.0 Å². The van der Waals surface area contributed by atoms with E-state index in [9.17, 15) is 0 Å². The zero-order chi connectivity index (χ0) is 19.3. The largest absolute Gasteiger partial charge is 0.496 e. The van der Waals surface area contributed by atoms with Gasteiger partial charge in [-0.25, -0.2) is 4.99 Å². The average molecular weight is 371 g/mol. The molecule has 146 valence electrons. The first-order chi connectivity index (χ1) is 13.3. The van der Waals surface area contributed by atoms with E-state index in [1.165, 1.54) is 0 Å². The second-order valence-corrected chi connectivity index (χ2v) is 5.85. The lowest BCUT2D eigenvalue weighted by molar-refractivity contribution is 0.146. The fraction of sp³-hybridized carbons (Fsp3) is 0.381. The molecule has 0 heterocycles. The van der Waals surface area contributed by atoms with E-state index < -0.39 is 0 Å². The first-order valence-electron chi connectivity index (χ1n) is 9.11. The van der Waals surface area contributed by atoms with Gasteiger partial charge in [0.2, 0.25) is 0 Å². The van der Waals surface area contributed by atoms with E-state index in [1.807, 2.05) is 55.5 Å². The normalized spacial score (nSPS) is 11.1. The monoisotopic (exact) mass is 371 g/mol. The Labute approximate surface area is 161 Å².